The third-order valence-corrected chi connectivity index (χ3v) is 3.53. The van der Waals surface area contributed by atoms with Crippen LogP contribution in [0.15, 0.2) is 60.8 Å². The van der Waals surface area contributed by atoms with E-state index in [0.29, 0.717) is 17.1 Å². The number of rotatable bonds is 4. The molecule has 1 aromatic heterocycles. The Labute approximate surface area is 143 Å². The molecular weight excluding hydrogens is 324 g/mol. The van der Waals surface area contributed by atoms with Crippen LogP contribution >= 0.6 is 0 Å². The van der Waals surface area contributed by atoms with Gasteiger partial charge in [0, 0.05) is 11.6 Å². The van der Waals surface area contributed by atoms with Crippen LogP contribution in [0.5, 0.6) is 0 Å². The van der Waals surface area contributed by atoms with Gasteiger partial charge in [-0.05, 0) is 43.3 Å². The molecule has 3 rings (SSSR count). The number of anilines is 3. The summed E-state index contributed by atoms with van der Waals surface area (Å²) in [5, 5.41) is 5.49. The van der Waals surface area contributed by atoms with Crippen molar-refractivity contribution in [3.8, 4) is 0 Å². The molecule has 4 nitrogen and oxygen atoms in total. The van der Waals surface area contributed by atoms with Gasteiger partial charge in [-0.3, -0.25) is 4.79 Å². The normalized spacial score (nSPS) is 10.4. The Bertz CT molecular complexity index is 894. The van der Waals surface area contributed by atoms with E-state index in [1.54, 1.807) is 24.3 Å². The summed E-state index contributed by atoms with van der Waals surface area (Å²) in [5.41, 5.74) is 2.25. The highest BCUT2D eigenvalue weighted by Gasteiger charge is 2.07. The zero-order valence-electron chi connectivity index (χ0n) is 13.4. The van der Waals surface area contributed by atoms with Crippen molar-refractivity contribution in [1.29, 1.82) is 0 Å². The van der Waals surface area contributed by atoms with Crippen molar-refractivity contribution in [1.82, 2.24) is 4.98 Å². The molecule has 0 saturated carbocycles. The van der Waals surface area contributed by atoms with E-state index in [0.717, 1.165) is 17.7 Å². The minimum Gasteiger partial charge on any atom is -0.352 e. The summed E-state index contributed by atoms with van der Waals surface area (Å²) in [5.74, 6) is -1.24. The summed E-state index contributed by atoms with van der Waals surface area (Å²) in [4.78, 5) is 16.2. The third kappa shape index (κ3) is 4.17. The Morgan fingerprint density at radius 2 is 1.76 bits per heavy atom. The van der Waals surface area contributed by atoms with Crippen LogP contribution in [0.1, 0.15) is 15.9 Å². The number of nitrogens with zero attached hydrogens (tertiary/aromatic N) is 1. The molecule has 0 unspecified atom stereocenters. The van der Waals surface area contributed by atoms with Crippen LogP contribution in [0.2, 0.25) is 0 Å². The second-order valence-corrected chi connectivity index (χ2v) is 5.50. The first-order chi connectivity index (χ1) is 12.0. The van der Waals surface area contributed by atoms with Gasteiger partial charge in [0.15, 0.2) is 0 Å². The van der Waals surface area contributed by atoms with E-state index >= 15 is 0 Å². The van der Waals surface area contributed by atoms with Gasteiger partial charge in [-0.1, -0.05) is 17.7 Å². The van der Waals surface area contributed by atoms with Gasteiger partial charge in [0.25, 0.3) is 5.91 Å². The second-order valence-electron chi connectivity index (χ2n) is 5.50. The highest BCUT2D eigenvalue weighted by atomic mass is 19.1. The van der Waals surface area contributed by atoms with Gasteiger partial charge < -0.3 is 10.6 Å². The lowest BCUT2D eigenvalue weighted by Crippen LogP contribution is -2.12. The van der Waals surface area contributed by atoms with Gasteiger partial charge in [-0.2, -0.15) is 0 Å². The van der Waals surface area contributed by atoms with Crippen molar-refractivity contribution in [2.45, 2.75) is 6.92 Å². The lowest BCUT2D eigenvalue weighted by atomic mass is 10.1. The van der Waals surface area contributed by atoms with Crippen molar-refractivity contribution in [3.05, 3.63) is 83.6 Å². The molecule has 25 heavy (non-hydrogen) atoms. The van der Waals surface area contributed by atoms with Gasteiger partial charge >= 0.3 is 0 Å². The number of hydrogen-bond acceptors (Lipinski definition) is 3. The Morgan fingerprint density at radius 1 is 1.00 bits per heavy atom. The average Bonchev–Trinajstić information content (AvgIpc) is 2.59. The highest BCUT2D eigenvalue weighted by Crippen LogP contribution is 2.21. The quantitative estimate of drug-likeness (QED) is 0.727. The van der Waals surface area contributed by atoms with Crippen LogP contribution in [0.25, 0.3) is 0 Å². The van der Waals surface area contributed by atoms with Gasteiger partial charge in [-0.25, -0.2) is 13.8 Å². The number of amides is 1. The summed E-state index contributed by atoms with van der Waals surface area (Å²) in [6.45, 7) is 1.94. The molecule has 0 spiro atoms. The molecule has 0 bridgehead atoms. The molecule has 126 valence electrons. The van der Waals surface area contributed by atoms with E-state index in [2.05, 4.69) is 15.6 Å². The lowest BCUT2D eigenvalue weighted by molar-refractivity contribution is 0.102. The zero-order chi connectivity index (χ0) is 17.8. The first-order valence-corrected chi connectivity index (χ1v) is 7.57. The summed E-state index contributed by atoms with van der Waals surface area (Å²) in [7, 11) is 0. The number of pyridine rings is 1. The molecule has 6 heteroatoms. The first kappa shape index (κ1) is 16.6. The molecule has 0 radical (unpaired) electrons. The molecule has 0 fully saturated rings. The molecule has 0 aliphatic heterocycles. The molecule has 0 atom stereocenters. The fourth-order valence-electron chi connectivity index (χ4n) is 2.18. The Balaban J connectivity index is 1.67. The van der Waals surface area contributed by atoms with Crippen molar-refractivity contribution in [2.24, 2.45) is 0 Å². The van der Waals surface area contributed by atoms with Crippen LogP contribution in [-0.4, -0.2) is 10.9 Å². The fraction of sp³-hybridized carbons (Fsp3) is 0.0526. The molecule has 1 amide bonds. The molecule has 0 aliphatic carbocycles. The number of aryl methyl sites for hydroxylation is 1. The van der Waals surface area contributed by atoms with E-state index < -0.39 is 11.6 Å². The molecule has 1 heterocycles. The lowest BCUT2D eigenvalue weighted by Gasteiger charge is -2.09. The van der Waals surface area contributed by atoms with E-state index in [-0.39, 0.29) is 11.6 Å². The number of hydrogen-bond donors (Lipinski definition) is 2. The van der Waals surface area contributed by atoms with Crippen LogP contribution in [-0.2, 0) is 0 Å². The summed E-state index contributed by atoms with van der Waals surface area (Å²) in [6, 6.07) is 13.7. The van der Waals surface area contributed by atoms with Gasteiger partial charge in [0.2, 0.25) is 0 Å². The van der Waals surface area contributed by atoms with E-state index in [1.165, 1.54) is 12.3 Å². The summed E-state index contributed by atoms with van der Waals surface area (Å²) in [6.07, 6.45) is 1.45. The minimum absolute atomic E-state index is 0.139. The van der Waals surface area contributed by atoms with Crippen molar-refractivity contribution < 1.29 is 13.6 Å². The maximum absolute atomic E-state index is 13.6. The largest absolute Gasteiger partial charge is 0.352 e. The monoisotopic (exact) mass is 339 g/mol. The van der Waals surface area contributed by atoms with Crippen LogP contribution in [0, 0.1) is 18.6 Å². The second kappa shape index (κ2) is 7.09. The van der Waals surface area contributed by atoms with Gasteiger partial charge in [0.05, 0.1) is 17.6 Å². The molecule has 0 saturated heterocycles. The predicted octanol–water partition coefficient (Wildman–Crippen LogP) is 4.66. The molecular formula is C19H15F2N3O. The minimum atomic E-state index is -0.697. The molecule has 2 N–H and O–H groups in total. The van der Waals surface area contributed by atoms with Gasteiger partial charge in [0.1, 0.15) is 17.5 Å². The number of carbonyl (C=O) groups is 1. The fourth-order valence-corrected chi connectivity index (χ4v) is 2.18. The number of halogens is 2. The Kier molecular flexibility index (Phi) is 4.70. The third-order valence-electron chi connectivity index (χ3n) is 3.53. The summed E-state index contributed by atoms with van der Waals surface area (Å²) < 4.78 is 26.5. The van der Waals surface area contributed by atoms with E-state index in [1.807, 2.05) is 19.1 Å². The number of aromatic nitrogens is 1. The maximum Gasteiger partial charge on any atom is 0.256 e. The topological polar surface area (TPSA) is 54.0 Å². The molecule has 3 aromatic rings. The van der Waals surface area contributed by atoms with Crippen molar-refractivity contribution in [3.63, 3.8) is 0 Å². The zero-order valence-corrected chi connectivity index (χ0v) is 13.4. The van der Waals surface area contributed by atoms with Crippen molar-refractivity contribution >= 4 is 23.1 Å². The maximum atomic E-state index is 13.6. The van der Waals surface area contributed by atoms with Crippen LogP contribution in [0.4, 0.5) is 26.0 Å². The van der Waals surface area contributed by atoms with Crippen LogP contribution < -0.4 is 10.6 Å². The SMILES string of the molecule is Cc1ccc(C(=O)Nc2ccc(Nc3ccc(F)cc3F)cn2)cc1. The Hall–Kier alpha value is -3.28. The molecule has 2 aromatic carbocycles. The van der Waals surface area contributed by atoms with Gasteiger partial charge in [-0.15, -0.1) is 0 Å². The van der Waals surface area contributed by atoms with Crippen molar-refractivity contribution in [2.75, 3.05) is 10.6 Å². The molecule has 0 aliphatic rings. The standard InChI is InChI=1S/C19H15F2N3O/c1-12-2-4-13(5-3-12)19(25)24-18-9-7-15(11-22-18)23-17-8-6-14(20)10-16(17)21/h2-11,23H,1H3,(H,22,24,25). The number of benzene rings is 2. The van der Waals surface area contributed by atoms with E-state index in [4.69, 9.17) is 0 Å². The van der Waals surface area contributed by atoms with Crippen LogP contribution in [0.3, 0.4) is 0 Å². The Morgan fingerprint density at radius 3 is 2.40 bits per heavy atom. The first-order valence-electron chi connectivity index (χ1n) is 7.57. The highest BCUT2D eigenvalue weighted by molar-refractivity contribution is 6.03. The smallest absolute Gasteiger partial charge is 0.256 e. The predicted molar refractivity (Wildman–Crippen MR) is 93.0 cm³/mol. The number of carbonyl (C=O) groups excluding carboxylic acids is 1. The average molecular weight is 339 g/mol. The van der Waals surface area contributed by atoms with E-state index in [9.17, 15) is 13.6 Å². The summed E-state index contributed by atoms with van der Waals surface area (Å²) >= 11 is 0. The number of nitrogens with one attached hydrogen (secondary N) is 2.